The number of fused-ring (bicyclic) bond motifs is 3. The molecule has 0 N–H and O–H groups in total. The van der Waals surface area contributed by atoms with Gasteiger partial charge in [0.05, 0.1) is 11.3 Å². The maximum Gasteiger partial charge on any atom is 0.336 e. The normalized spacial score (nSPS) is 30.9. The fourth-order valence-electron chi connectivity index (χ4n) is 5.79. The van der Waals surface area contributed by atoms with Gasteiger partial charge in [0.15, 0.2) is 5.78 Å². The van der Waals surface area contributed by atoms with E-state index in [0.29, 0.717) is 17.1 Å². The SMILES string of the molecule is CC(C)=CC(=O)C1C2c3c4cc5oc(=O)ccc5c3OC1(C)CCC2C(C)(C)O4. The molecule has 0 saturated heterocycles. The Morgan fingerprint density at radius 3 is 2.66 bits per heavy atom. The second kappa shape index (κ2) is 5.74. The molecule has 2 aliphatic heterocycles. The predicted molar refractivity (Wildman–Crippen MR) is 110 cm³/mol. The number of hydrogen-bond donors (Lipinski definition) is 0. The topological polar surface area (TPSA) is 65.7 Å². The third-order valence-corrected chi connectivity index (χ3v) is 6.95. The van der Waals surface area contributed by atoms with E-state index in [-0.39, 0.29) is 23.5 Å². The van der Waals surface area contributed by atoms with Crippen molar-refractivity contribution in [3.8, 4) is 11.5 Å². The highest BCUT2D eigenvalue weighted by Crippen LogP contribution is 2.64. The highest BCUT2D eigenvalue weighted by molar-refractivity contribution is 5.96. The molecule has 0 amide bonds. The van der Waals surface area contributed by atoms with Gasteiger partial charge in [0, 0.05) is 29.5 Å². The average molecular weight is 394 g/mol. The van der Waals surface area contributed by atoms with Crippen LogP contribution in [0.2, 0.25) is 0 Å². The standard InChI is InChI=1S/C24H26O5/c1-12(2)10-15(25)21-19-14-8-9-24(21,5)29-22-13-6-7-18(26)27-16(13)11-17(20(19)22)28-23(14,3)4/h6-7,10-11,14,19,21H,8-9H2,1-5H3. The van der Waals surface area contributed by atoms with Crippen molar-refractivity contribution in [2.45, 2.75) is 64.6 Å². The zero-order valence-corrected chi connectivity index (χ0v) is 17.5. The van der Waals surface area contributed by atoms with Gasteiger partial charge in [-0.15, -0.1) is 0 Å². The third kappa shape index (κ3) is 2.52. The van der Waals surface area contributed by atoms with Gasteiger partial charge in [0.2, 0.25) is 0 Å². The number of rotatable bonds is 2. The van der Waals surface area contributed by atoms with E-state index in [1.54, 1.807) is 18.2 Å². The molecule has 5 nitrogen and oxygen atoms in total. The molecule has 2 bridgehead atoms. The van der Waals surface area contributed by atoms with E-state index in [4.69, 9.17) is 13.9 Å². The molecule has 4 unspecified atom stereocenters. The van der Waals surface area contributed by atoms with Crippen molar-refractivity contribution < 1.29 is 18.7 Å². The fraction of sp³-hybridized carbons (Fsp3) is 0.500. The molecule has 1 aromatic heterocycles. The van der Waals surface area contributed by atoms with Gasteiger partial charge < -0.3 is 13.9 Å². The summed E-state index contributed by atoms with van der Waals surface area (Å²) in [6, 6.07) is 4.96. The van der Waals surface area contributed by atoms with Gasteiger partial charge in [-0.3, -0.25) is 4.79 Å². The largest absolute Gasteiger partial charge is 0.487 e. The Bertz CT molecular complexity index is 1130. The lowest BCUT2D eigenvalue weighted by Crippen LogP contribution is -2.60. The summed E-state index contributed by atoms with van der Waals surface area (Å²) >= 11 is 0. The lowest BCUT2D eigenvalue weighted by Gasteiger charge is -2.58. The molecule has 1 aliphatic carbocycles. The quantitative estimate of drug-likeness (QED) is 0.543. The number of allylic oxidation sites excluding steroid dienone is 2. The molecule has 3 heterocycles. The fourth-order valence-corrected chi connectivity index (χ4v) is 5.79. The van der Waals surface area contributed by atoms with Crippen LogP contribution in [0.5, 0.6) is 11.5 Å². The van der Waals surface area contributed by atoms with E-state index >= 15 is 0 Å². The summed E-state index contributed by atoms with van der Waals surface area (Å²) in [6.45, 7) is 10.1. The molecule has 5 heteroatoms. The monoisotopic (exact) mass is 394 g/mol. The minimum atomic E-state index is -0.605. The predicted octanol–water partition coefficient (Wildman–Crippen LogP) is 4.76. The van der Waals surface area contributed by atoms with E-state index < -0.39 is 16.8 Å². The minimum absolute atomic E-state index is 0.00989. The summed E-state index contributed by atoms with van der Waals surface area (Å²) in [7, 11) is 0. The second-order valence-electron chi connectivity index (χ2n) is 9.68. The van der Waals surface area contributed by atoms with Crippen molar-refractivity contribution in [1.82, 2.24) is 0 Å². The first kappa shape index (κ1) is 18.5. The Labute approximate surface area is 169 Å². The molecule has 2 aromatic rings. The average Bonchev–Trinajstić information content (AvgIpc) is 2.58. The highest BCUT2D eigenvalue weighted by atomic mass is 16.5. The number of carbonyl (C=O) groups is 1. The Morgan fingerprint density at radius 2 is 1.93 bits per heavy atom. The van der Waals surface area contributed by atoms with E-state index in [2.05, 4.69) is 13.8 Å². The zero-order valence-electron chi connectivity index (χ0n) is 17.5. The molecule has 1 aromatic carbocycles. The van der Waals surface area contributed by atoms with Gasteiger partial charge in [-0.2, -0.15) is 0 Å². The third-order valence-electron chi connectivity index (χ3n) is 6.95. The smallest absolute Gasteiger partial charge is 0.336 e. The first-order chi connectivity index (χ1) is 13.6. The van der Waals surface area contributed by atoms with Crippen LogP contribution in [0, 0.1) is 11.8 Å². The first-order valence-electron chi connectivity index (χ1n) is 10.3. The molecule has 152 valence electrons. The molecule has 3 aliphatic rings. The van der Waals surface area contributed by atoms with Gasteiger partial charge in [-0.25, -0.2) is 4.79 Å². The van der Waals surface area contributed by atoms with E-state index in [1.165, 1.54) is 6.07 Å². The van der Waals surface area contributed by atoms with Gasteiger partial charge in [0.1, 0.15) is 28.3 Å². The van der Waals surface area contributed by atoms with Crippen LogP contribution in [-0.4, -0.2) is 17.0 Å². The van der Waals surface area contributed by atoms with E-state index in [0.717, 1.165) is 29.4 Å². The lowest BCUT2D eigenvalue weighted by atomic mass is 9.55. The Kier molecular flexibility index (Phi) is 3.66. The Balaban J connectivity index is 1.84. The summed E-state index contributed by atoms with van der Waals surface area (Å²) in [4.78, 5) is 25.2. The Hall–Kier alpha value is -2.56. The minimum Gasteiger partial charge on any atom is -0.487 e. The Morgan fingerprint density at radius 1 is 1.17 bits per heavy atom. The van der Waals surface area contributed by atoms with Gasteiger partial charge in [0.25, 0.3) is 0 Å². The van der Waals surface area contributed by atoms with Gasteiger partial charge >= 0.3 is 5.63 Å². The first-order valence-corrected chi connectivity index (χ1v) is 10.3. The van der Waals surface area contributed by atoms with Gasteiger partial charge in [-0.05, 0) is 59.6 Å². The van der Waals surface area contributed by atoms with Crippen LogP contribution in [0.1, 0.15) is 58.9 Å². The van der Waals surface area contributed by atoms with Crippen LogP contribution in [0.3, 0.4) is 0 Å². The van der Waals surface area contributed by atoms with E-state index in [9.17, 15) is 9.59 Å². The summed E-state index contributed by atoms with van der Waals surface area (Å²) < 4.78 is 18.5. The lowest BCUT2D eigenvalue weighted by molar-refractivity contribution is -0.143. The number of carbonyl (C=O) groups excluding carboxylic acids is 1. The van der Waals surface area contributed by atoms with E-state index in [1.807, 2.05) is 20.8 Å². The summed E-state index contributed by atoms with van der Waals surface area (Å²) in [5.41, 5.74) is 0.958. The second-order valence-corrected chi connectivity index (χ2v) is 9.68. The summed E-state index contributed by atoms with van der Waals surface area (Å²) in [5, 5.41) is 0.761. The van der Waals surface area contributed by atoms with Crippen molar-refractivity contribution >= 4 is 16.8 Å². The van der Waals surface area contributed by atoms with Crippen LogP contribution in [-0.2, 0) is 4.79 Å². The van der Waals surface area contributed by atoms with Crippen molar-refractivity contribution in [3.05, 3.63) is 45.8 Å². The molecule has 0 radical (unpaired) electrons. The maximum absolute atomic E-state index is 13.4. The molecule has 29 heavy (non-hydrogen) atoms. The molecule has 0 spiro atoms. The van der Waals surface area contributed by atoms with Crippen LogP contribution in [0.15, 0.2) is 39.1 Å². The number of ketones is 1. The zero-order chi connectivity index (χ0) is 20.7. The highest BCUT2D eigenvalue weighted by Gasteiger charge is 2.61. The molecule has 1 saturated carbocycles. The van der Waals surface area contributed by atoms with Crippen molar-refractivity contribution in [1.29, 1.82) is 0 Å². The molecule has 1 fully saturated rings. The van der Waals surface area contributed by atoms with Crippen molar-refractivity contribution in [2.75, 3.05) is 0 Å². The summed E-state index contributed by atoms with van der Waals surface area (Å²) in [6.07, 6.45) is 3.46. The van der Waals surface area contributed by atoms with Crippen LogP contribution in [0.4, 0.5) is 0 Å². The van der Waals surface area contributed by atoms with Crippen molar-refractivity contribution in [2.24, 2.45) is 11.8 Å². The van der Waals surface area contributed by atoms with Crippen LogP contribution in [0.25, 0.3) is 11.0 Å². The molecule has 4 atom stereocenters. The van der Waals surface area contributed by atoms with Crippen molar-refractivity contribution in [3.63, 3.8) is 0 Å². The molecule has 5 rings (SSSR count). The number of hydrogen-bond acceptors (Lipinski definition) is 5. The summed E-state index contributed by atoms with van der Waals surface area (Å²) in [5.74, 6) is 1.44. The molecular weight excluding hydrogens is 368 g/mol. The maximum atomic E-state index is 13.4. The van der Waals surface area contributed by atoms with Crippen LogP contribution < -0.4 is 15.1 Å². The molecular formula is C24H26O5. The van der Waals surface area contributed by atoms with Crippen LogP contribution >= 0.6 is 0 Å². The van der Waals surface area contributed by atoms with Gasteiger partial charge in [-0.1, -0.05) is 5.57 Å². The number of benzene rings is 1. The number of ether oxygens (including phenoxy) is 2.